The standard InChI is InChI=1S/C20H24N4O2/c1-14-9-10-18(26-4)16(11-14)22-20(25)13-24-17-8-6-5-7-15(17)21-19(24)12-23(2)3/h5-11H,12-13H2,1-4H3,(H,22,25). The predicted octanol–water partition coefficient (Wildman–Crippen LogP) is 3.05. The van der Waals surface area contributed by atoms with Gasteiger partial charge in [0.1, 0.15) is 18.1 Å². The maximum atomic E-state index is 12.7. The first-order chi connectivity index (χ1) is 12.5. The van der Waals surface area contributed by atoms with Gasteiger partial charge in [-0.05, 0) is 50.8 Å². The molecule has 3 rings (SSSR count). The van der Waals surface area contributed by atoms with Gasteiger partial charge in [0.05, 0.1) is 30.4 Å². The molecule has 0 atom stereocenters. The summed E-state index contributed by atoms with van der Waals surface area (Å²) in [6.45, 7) is 2.84. The summed E-state index contributed by atoms with van der Waals surface area (Å²) in [5.41, 5.74) is 3.58. The summed E-state index contributed by atoms with van der Waals surface area (Å²) >= 11 is 0. The van der Waals surface area contributed by atoms with E-state index in [0.717, 1.165) is 22.4 Å². The molecule has 0 aliphatic carbocycles. The second-order valence-electron chi connectivity index (χ2n) is 6.59. The molecule has 1 heterocycles. The van der Waals surface area contributed by atoms with Gasteiger partial charge in [-0.2, -0.15) is 0 Å². The van der Waals surface area contributed by atoms with Crippen LogP contribution >= 0.6 is 0 Å². The quantitative estimate of drug-likeness (QED) is 0.741. The van der Waals surface area contributed by atoms with Crippen molar-refractivity contribution in [3.05, 3.63) is 53.9 Å². The van der Waals surface area contributed by atoms with Crippen molar-refractivity contribution in [1.82, 2.24) is 14.5 Å². The van der Waals surface area contributed by atoms with E-state index in [4.69, 9.17) is 4.74 Å². The molecule has 6 heteroatoms. The van der Waals surface area contributed by atoms with Crippen LogP contribution in [0.3, 0.4) is 0 Å². The van der Waals surface area contributed by atoms with Gasteiger partial charge in [-0.25, -0.2) is 4.98 Å². The third kappa shape index (κ3) is 3.86. The second kappa shape index (κ2) is 7.58. The summed E-state index contributed by atoms with van der Waals surface area (Å²) in [5.74, 6) is 1.40. The summed E-state index contributed by atoms with van der Waals surface area (Å²) in [4.78, 5) is 19.4. The van der Waals surface area contributed by atoms with E-state index >= 15 is 0 Å². The summed E-state index contributed by atoms with van der Waals surface area (Å²) < 4.78 is 7.31. The second-order valence-corrected chi connectivity index (χ2v) is 6.59. The van der Waals surface area contributed by atoms with Crippen LogP contribution < -0.4 is 10.1 Å². The molecule has 0 saturated heterocycles. The molecule has 2 aromatic carbocycles. The molecule has 0 saturated carbocycles. The zero-order valence-corrected chi connectivity index (χ0v) is 15.6. The van der Waals surface area contributed by atoms with Crippen LogP contribution in [0.15, 0.2) is 42.5 Å². The van der Waals surface area contributed by atoms with Gasteiger partial charge in [0, 0.05) is 0 Å². The van der Waals surface area contributed by atoms with E-state index in [1.165, 1.54) is 0 Å². The van der Waals surface area contributed by atoms with Crippen LogP contribution in [0.4, 0.5) is 5.69 Å². The number of carbonyl (C=O) groups excluding carboxylic acids is 1. The largest absolute Gasteiger partial charge is 0.495 e. The number of fused-ring (bicyclic) bond motifs is 1. The molecule has 1 amide bonds. The van der Waals surface area contributed by atoms with Gasteiger partial charge in [-0.3, -0.25) is 4.79 Å². The number of hydrogen-bond donors (Lipinski definition) is 1. The number of carbonyl (C=O) groups is 1. The molecule has 0 aliphatic heterocycles. The third-order valence-electron chi connectivity index (χ3n) is 4.12. The predicted molar refractivity (Wildman–Crippen MR) is 103 cm³/mol. The van der Waals surface area contributed by atoms with Gasteiger partial charge in [0.15, 0.2) is 0 Å². The Hall–Kier alpha value is -2.86. The Morgan fingerprint density at radius 1 is 1.23 bits per heavy atom. The van der Waals surface area contributed by atoms with E-state index in [0.29, 0.717) is 18.0 Å². The topological polar surface area (TPSA) is 59.4 Å². The highest BCUT2D eigenvalue weighted by molar-refractivity contribution is 5.93. The molecule has 1 aromatic heterocycles. The molecule has 0 aliphatic rings. The summed E-state index contributed by atoms with van der Waals surface area (Å²) in [5, 5.41) is 2.96. The van der Waals surface area contributed by atoms with Crippen molar-refractivity contribution in [3.8, 4) is 5.75 Å². The fourth-order valence-electron chi connectivity index (χ4n) is 2.96. The maximum Gasteiger partial charge on any atom is 0.244 e. The molecular weight excluding hydrogens is 328 g/mol. The highest BCUT2D eigenvalue weighted by atomic mass is 16.5. The number of aryl methyl sites for hydroxylation is 1. The number of para-hydroxylation sites is 2. The molecule has 0 bridgehead atoms. The number of anilines is 1. The number of benzene rings is 2. The van der Waals surface area contributed by atoms with Gasteiger partial charge in [-0.1, -0.05) is 18.2 Å². The van der Waals surface area contributed by atoms with Crippen molar-refractivity contribution in [2.75, 3.05) is 26.5 Å². The maximum absolute atomic E-state index is 12.7. The molecule has 6 nitrogen and oxygen atoms in total. The number of methoxy groups -OCH3 is 1. The van der Waals surface area contributed by atoms with E-state index in [1.807, 2.05) is 73.0 Å². The van der Waals surface area contributed by atoms with Crippen LogP contribution in [0.2, 0.25) is 0 Å². The molecule has 26 heavy (non-hydrogen) atoms. The number of nitrogens with one attached hydrogen (secondary N) is 1. The molecule has 0 fully saturated rings. The van der Waals surface area contributed by atoms with E-state index in [9.17, 15) is 4.79 Å². The average Bonchev–Trinajstić information content (AvgIpc) is 2.92. The number of aromatic nitrogens is 2. The van der Waals surface area contributed by atoms with Crippen molar-refractivity contribution >= 4 is 22.6 Å². The van der Waals surface area contributed by atoms with E-state index in [-0.39, 0.29) is 12.5 Å². The summed E-state index contributed by atoms with van der Waals surface area (Å²) in [7, 11) is 5.57. The van der Waals surface area contributed by atoms with Crippen LogP contribution in [0, 0.1) is 6.92 Å². The highest BCUT2D eigenvalue weighted by Gasteiger charge is 2.15. The van der Waals surface area contributed by atoms with Crippen molar-refractivity contribution < 1.29 is 9.53 Å². The first-order valence-corrected chi connectivity index (χ1v) is 8.51. The Morgan fingerprint density at radius 2 is 2.00 bits per heavy atom. The van der Waals surface area contributed by atoms with Crippen LogP contribution in [-0.4, -0.2) is 41.6 Å². The molecule has 136 valence electrons. The molecule has 3 aromatic rings. The molecule has 0 spiro atoms. The number of nitrogens with zero attached hydrogens (tertiary/aromatic N) is 3. The van der Waals surface area contributed by atoms with Crippen LogP contribution in [0.5, 0.6) is 5.75 Å². The number of ether oxygens (including phenoxy) is 1. The average molecular weight is 352 g/mol. The molecule has 1 N–H and O–H groups in total. The number of rotatable bonds is 6. The fraction of sp³-hybridized carbons (Fsp3) is 0.300. The lowest BCUT2D eigenvalue weighted by molar-refractivity contribution is -0.116. The Bertz CT molecular complexity index is 931. The van der Waals surface area contributed by atoms with E-state index < -0.39 is 0 Å². The first-order valence-electron chi connectivity index (χ1n) is 8.51. The number of amides is 1. The fourth-order valence-corrected chi connectivity index (χ4v) is 2.96. The molecule has 0 radical (unpaired) electrons. The van der Waals surface area contributed by atoms with Gasteiger partial charge in [0.2, 0.25) is 5.91 Å². The van der Waals surface area contributed by atoms with Crippen LogP contribution in [0.25, 0.3) is 11.0 Å². The van der Waals surface area contributed by atoms with Gasteiger partial charge in [0.25, 0.3) is 0 Å². The van der Waals surface area contributed by atoms with E-state index in [1.54, 1.807) is 7.11 Å². The number of hydrogen-bond acceptors (Lipinski definition) is 4. The third-order valence-corrected chi connectivity index (χ3v) is 4.12. The van der Waals surface area contributed by atoms with Gasteiger partial charge >= 0.3 is 0 Å². The highest BCUT2D eigenvalue weighted by Crippen LogP contribution is 2.25. The SMILES string of the molecule is COc1ccc(C)cc1NC(=O)Cn1c(CN(C)C)nc2ccccc21. The summed E-state index contributed by atoms with van der Waals surface area (Å²) in [6, 6.07) is 13.6. The lowest BCUT2D eigenvalue weighted by Crippen LogP contribution is -2.22. The smallest absolute Gasteiger partial charge is 0.244 e. The Morgan fingerprint density at radius 3 is 2.73 bits per heavy atom. The summed E-state index contributed by atoms with van der Waals surface area (Å²) in [6.07, 6.45) is 0. The van der Waals surface area contributed by atoms with Crippen LogP contribution in [-0.2, 0) is 17.9 Å². The Kier molecular flexibility index (Phi) is 5.23. The first kappa shape index (κ1) is 17.9. The van der Waals surface area contributed by atoms with Crippen molar-refractivity contribution in [3.63, 3.8) is 0 Å². The van der Waals surface area contributed by atoms with Crippen LogP contribution in [0.1, 0.15) is 11.4 Å². The Labute approximate surface area is 153 Å². The van der Waals surface area contributed by atoms with Gasteiger partial charge < -0.3 is 19.5 Å². The van der Waals surface area contributed by atoms with Crippen molar-refractivity contribution in [1.29, 1.82) is 0 Å². The van der Waals surface area contributed by atoms with Crippen molar-refractivity contribution in [2.45, 2.75) is 20.0 Å². The van der Waals surface area contributed by atoms with Crippen molar-refractivity contribution in [2.24, 2.45) is 0 Å². The number of imidazole rings is 1. The molecule has 0 unspecified atom stereocenters. The van der Waals surface area contributed by atoms with Gasteiger partial charge in [-0.15, -0.1) is 0 Å². The monoisotopic (exact) mass is 352 g/mol. The lowest BCUT2D eigenvalue weighted by Gasteiger charge is -2.14. The zero-order chi connectivity index (χ0) is 18.7. The molecular formula is C20H24N4O2. The minimum atomic E-state index is -0.114. The zero-order valence-electron chi connectivity index (χ0n) is 15.6. The lowest BCUT2D eigenvalue weighted by atomic mass is 10.2. The minimum Gasteiger partial charge on any atom is -0.495 e. The Balaban J connectivity index is 1.88. The minimum absolute atomic E-state index is 0.114. The normalized spacial score (nSPS) is 11.1. The van der Waals surface area contributed by atoms with E-state index in [2.05, 4.69) is 10.3 Å².